The molecule has 0 fully saturated rings. The molecule has 0 saturated carbocycles. The van der Waals surface area contributed by atoms with Gasteiger partial charge in [-0.2, -0.15) is 0 Å². The van der Waals surface area contributed by atoms with Gasteiger partial charge < -0.3 is 9.97 Å². The summed E-state index contributed by atoms with van der Waals surface area (Å²) in [5.74, 6) is 1.73. The molecule has 6 rings (SSSR count). The number of imidazole rings is 2. The Bertz CT molecular complexity index is 1440. The van der Waals surface area contributed by atoms with E-state index in [1.807, 2.05) is 30.3 Å². The second-order valence-corrected chi connectivity index (χ2v) is 7.37. The molecule has 0 atom stereocenters. The van der Waals surface area contributed by atoms with Crippen molar-refractivity contribution in [2.45, 2.75) is 0 Å². The van der Waals surface area contributed by atoms with Crippen LogP contribution in [0.3, 0.4) is 0 Å². The fraction of sp³-hybridized carbons (Fsp3) is 0. The minimum Gasteiger partial charge on any atom is -0.338 e. The zero-order valence-electron chi connectivity index (χ0n) is 16.1. The molecule has 0 aliphatic rings. The van der Waals surface area contributed by atoms with E-state index >= 15 is 0 Å². The third-order valence-electron chi connectivity index (χ3n) is 5.39. The molecular formula is C26H18N4. The topological polar surface area (TPSA) is 57.4 Å². The SMILES string of the molecule is c1ccc(-c2ccc3nc(-c4ccc5nc(-c6ccccc6)[nH]c5c4)[nH]c3c2)cc1. The highest BCUT2D eigenvalue weighted by molar-refractivity contribution is 5.87. The summed E-state index contributed by atoms with van der Waals surface area (Å²) in [6.45, 7) is 0. The fourth-order valence-electron chi connectivity index (χ4n) is 3.85. The molecule has 2 heterocycles. The highest BCUT2D eigenvalue weighted by Crippen LogP contribution is 2.28. The summed E-state index contributed by atoms with van der Waals surface area (Å²) in [5.41, 5.74) is 8.41. The van der Waals surface area contributed by atoms with Gasteiger partial charge in [0.05, 0.1) is 22.1 Å². The van der Waals surface area contributed by atoms with Crippen LogP contribution in [0.4, 0.5) is 0 Å². The smallest absolute Gasteiger partial charge is 0.138 e. The van der Waals surface area contributed by atoms with E-state index in [1.54, 1.807) is 0 Å². The highest BCUT2D eigenvalue weighted by atomic mass is 14.9. The van der Waals surface area contributed by atoms with Gasteiger partial charge in [-0.25, -0.2) is 9.97 Å². The van der Waals surface area contributed by atoms with Gasteiger partial charge >= 0.3 is 0 Å². The van der Waals surface area contributed by atoms with E-state index < -0.39 is 0 Å². The Morgan fingerprint density at radius 1 is 0.433 bits per heavy atom. The van der Waals surface area contributed by atoms with Crippen molar-refractivity contribution in [3.63, 3.8) is 0 Å². The molecule has 0 amide bonds. The van der Waals surface area contributed by atoms with Crippen molar-refractivity contribution in [1.29, 1.82) is 0 Å². The van der Waals surface area contributed by atoms with E-state index in [0.29, 0.717) is 0 Å². The molecule has 4 aromatic carbocycles. The molecule has 30 heavy (non-hydrogen) atoms. The zero-order chi connectivity index (χ0) is 19.9. The van der Waals surface area contributed by atoms with Gasteiger partial charge in [-0.1, -0.05) is 66.7 Å². The summed E-state index contributed by atoms with van der Waals surface area (Å²) < 4.78 is 0. The number of benzene rings is 4. The number of hydrogen-bond acceptors (Lipinski definition) is 2. The van der Waals surface area contributed by atoms with Crippen LogP contribution >= 0.6 is 0 Å². The first-order valence-corrected chi connectivity index (χ1v) is 9.94. The number of aromatic amines is 2. The van der Waals surface area contributed by atoms with Gasteiger partial charge in [-0.05, 0) is 41.5 Å². The summed E-state index contributed by atoms with van der Waals surface area (Å²) >= 11 is 0. The van der Waals surface area contributed by atoms with Crippen molar-refractivity contribution in [1.82, 2.24) is 19.9 Å². The van der Waals surface area contributed by atoms with Crippen molar-refractivity contribution in [3.05, 3.63) is 97.1 Å². The summed E-state index contributed by atoms with van der Waals surface area (Å²) in [4.78, 5) is 16.4. The van der Waals surface area contributed by atoms with Crippen molar-refractivity contribution >= 4 is 22.1 Å². The van der Waals surface area contributed by atoms with Gasteiger partial charge in [-0.3, -0.25) is 0 Å². The van der Waals surface area contributed by atoms with Crippen molar-refractivity contribution in [2.24, 2.45) is 0 Å². The van der Waals surface area contributed by atoms with Gasteiger partial charge in [0.15, 0.2) is 0 Å². The molecule has 0 bridgehead atoms. The maximum atomic E-state index is 4.80. The average molecular weight is 386 g/mol. The van der Waals surface area contributed by atoms with E-state index in [2.05, 4.69) is 76.7 Å². The number of fused-ring (bicyclic) bond motifs is 2. The van der Waals surface area contributed by atoms with Crippen LogP contribution in [0, 0.1) is 0 Å². The van der Waals surface area contributed by atoms with Crippen LogP contribution < -0.4 is 0 Å². The third kappa shape index (κ3) is 2.86. The first-order valence-electron chi connectivity index (χ1n) is 9.94. The molecule has 4 nitrogen and oxygen atoms in total. The molecular weight excluding hydrogens is 368 g/mol. The van der Waals surface area contributed by atoms with Crippen LogP contribution in [0.25, 0.3) is 56.0 Å². The van der Waals surface area contributed by atoms with E-state index in [1.165, 1.54) is 11.1 Å². The highest BCUT2D eigenvalue weighted by Gasteiger charge is 2.10. The van der Waals surface area contributed by atoms with Crippen LogP contribution in [0.1, 0.15) is 0 Å². The molecule has 4 heteroatoms. The molecule has 6 aromatic rings. The summed E-state index contributed by atoms with van der Waals surface area (Å²) in [6, 6.07) is 33.1. The van der Waals surface area contributed by atoms with Crippen LogP contribution in [-0.2, 0) is 0 Å². The Kier molecular flexibility index (Phi) is 3.74. The fourth-order valence-corrected chi connectivity index (χ4v) is 3.85. The zero-order valence-corrected chi connectivity index (χ0v) is 16.1. The maximum Gasteiger partial charge on any atom is 0.138 e. The predicted octanol–water partition coefficient (Wildman–Crippen LogP) is 6.44. The minimum absolute atomic E-state index is 0.855. The Morgan fingerprint density at radius 3 is 1.57 bits per heavy atom. The Labute approximate surface area is 173 Å². The van der Waals surface area contributed by atoms with Gasteiger partial charge in [-0.15, -0.1) is 0 Å². The lowest BCUT2D eigenvalue weighted by Crippen LogP contribution is -1.80. The lowest BCUT2D eigenvalue weighted by atomic mass is 10.1. The molecule has 0 saturated heterocycles. The predicted molar refractivity (Wildman–Crippen MR) is 122 cm³/mol. The van der Waals surface area contributed by atoms with E-state index in [9.17, 15) is 0 Å². The molecule has 142 valence electrons. The Hall–Kier alpha value is -4.18. The van der Waals surface area contributed by atoms with Crippen molar-refractivity contribution < 1.29 is 0 Å². The molecule has 2 N–H and O–H groups in total. The lowest BCUT2D eigenvalue weighted by Gasteiger charge is -2.00. The van der Waals surface area contributed by atoms with Gasteiger partial charge in [0.1, 0.15) is 11.6 Å². The number of H-pyrrole nitrogens is 2. The third-order valence-corrected chi connectivity index (χ3v) is 5.39. The monoisotopic (exact) mass is 386 g/mol. The van der Waals surface area contributed by atoms with Crippen LogP contribution in [0.2, 0.25) is 0 Å². The summed E-state index contributed by atoms with van der Waals surface area (Å²) in [7, 11) is 0. The van der Waals surface area contributed by atoms with Crippen LogP contribution in [0.15, 0.2) is 97.1 Å². The molecule has 0 radical (unpaired) electrons. The second kappa shape index (κ2) is 6.71. The van der Waals surface area contributed by atoms with Gasteiger partial charge in [0.2, 0.25) is 0 Å². The summed E-state index contributed by atoms with van der Waals surface area (Å²) in [6.07, 6.45) is 0. The molecule has 0 unspecified atom stereocenters. The quantitative estimate of drug-likeness (QED) is 0.368. The first kappa shape index (κ1) is 16.7. The summed E-state index contributed by atoms with van der Waals surface area (Å²) in [5, 5.41) is 0. The number of nitrogens with zero attached hydrogens (tertiary/aromatic N) is 2. The second-order valence-electron chi connectivity index (χ2n) is 7.37. The Morgan fingerprint density at radius 2 is 0.933 bits per heavy atom. The molecule has 2 aromatic heterocycles. The van der Waals surface area contributed by atoms with E-state index in [0.717, 1.165) is 44.8 Å². The molecule has 0 spiro atoms. The minimum atomic E-state index is 0.855. The average Bonchev–Trinajstić information content (AvgIpc) is 3.43. The van der Waals surface area contributed by atoms with Crippen LogP contribution in [0.5, 0.6) is 0 Å². The van der Waals surface area contributed by atoms with Crippen molar-refractivity contribution in [3.8, 4) is 33.9 Å². The number of hydrogen-bond donors (Lipinski definition) is 2. The largest absolute Gasteiger partial charge is 0.338 e. The van der Waals surface area contributed by atoms with Crippen LogP contribution in [-0.4, -0.2) is 19.9 Å². The first-order chi connectivity index (χ1) is 14.8. The number of nitrogens with one attached hydrogen (secondary N) is 2. The maximum absolute atomic E-state index is 4.80. The number of aromatic nitrogens is 4. The van der Waals surface area contributed by atoms with Gasteiger partial charge in [0, 0.05) is 11.1 Å². The molecule has 0 aliphatic carbocycles. The van der Waals surface area contributed by atoms with E-state index in [-0.39, 0.29) is 0 Å². The number of rotatable bonds is 3. The van der Waals surface area contributed by atoms with E-state index in [4.69, 9.17) is 9.97 Å². The molecule has 0 aliphatic heterocycles. The van der Waals surface area contributed by atoms with Crippen molar-refractivity contribution in [2.75, 3.05) is 0 Å². The van der Waals surface area contributed by atoms with Gasteiger partial charge in [0.25, 0.3) is 0 Å². The standard InChI is InChI=1S/C26H18N4/c1-3-7-17(8-4-1)19-11-13-21-23(15-19)30-26(28-21)20-12-14-22-24(16-20)29-25(27-22)18-9-5-2-6-10-18/h1-16H,(H,27,29)(H,28,30). The normalized spacial score (nSPS) is 11.3. The Balaban J connectivity index is 1.40. The lowest BCUT2D eigenvalue weighted by molar-refractivity contribution is 1.33.